The summed E-state index contributed by atoms with van der Waals surface area (Å²) < 4.78 is 18.8. The Morgan fingerprint density at radius 3 is 2.88 bits per heavy atom. The zero-order valence-corrected chi connectivity index (χ0v) is 9.37. The van der Waals surface area contributed by atoms with Gasteiger partial charge in [0.05, 0.1) is 6.61 Å². The zero-order chi connectivity index (χ0) is 12.0. The fraction of sp³-hybridized carbons (Fsp3) is 0.385. The van der Waals surface area contributed by atoms with Gasteiger partial charge in [0.15, 0.2) is 11.6 Å². The van der Waals surface area contributed by atoms with Crippen molar-refractivity contribution in [1.82, 2.24) is 0 Å². The number of unbranched alkanes of at least 4 members (excludes halogenated alkanes) is 1. The van der Waals surface area contributed by atoms with E-state index in [4.69, 9.17) is 16.9 Å². The average Bonchev–Trinajstić information content (AvgIpc) is 2.26. The molecule has 0 saturated carbocycles. The molecular weight excluding hydrogens is 205 g/mol. The van der Waals surface area contributed by atoms with Crippen molar-refractivity contribution in [3.05, 3.63) is 29.6 Å². The minimum Gasteiger partial charge on any atom is -0.490 e. The number of nitrogens with two attached hydrogens (primary N) is 1. The van der Waals surface area contributed by atoms with E-state index in [9.17, 15) is 4.39 Å². The van der Waals surface area contributed by atoms with Crippen LogP contribution in [0.5, 0.6) is 5.75 Å². The number of rotatable bonds is 5. The van der Waals surface area contributed by atoms with E-state index in [1.165, 1.54) is 6.07 Å². The van der Waals surface area contributed by atoms with Crippen molar-refractivity contribution in [3.8, 4) is 18.1 Å². The molecule has 0 aliphatic carbocycles. The first kappa shape index (κ1) is 12.5. The molecule has 0 aromatic heterocycles. The van der Waals surface area contributed by atoms with Gasteiger partial charge in [-0.2, -0.15) is 0 Å². The highest BCUT2D eigenvalue weighted by Crippen LogP contribution is 2.21. The normalized spacial score (nSPS) is 11.9. The standard InChI is InChI=1S/C13H16FNO/c1-3-4-5-8-16-13-7-6-11(10(2)15)9-12(13)14/h1,6-7,9-10H,4-5,8,15H2,2H3. The van der Waals surface area contributed by atoms with E-state index in [1.807, 2.05) is 6.92 Å². The Morgan fingerprint density at radius 2 is 2.31 bits per heavy atom. The second-order valence-corrected chi connectivity index (χ2v) is 3.63. The maximum atomic E-state index is 13.5. The number of hydrogen-bond donors (Lipinski definition) is 1. The van der Waals surface area contributed by atoms with Crippen LogP contribution in [0.4, 0.5) is 4.39 Å². The van der Waals surface area contributed by atoms with Gasteiger partial charge in [0.25, 0.3) is 0 Å². The molecule has 0 heterocycles. The SMILES string of the molecule is C#CCCCOc1ccc(C(C)N)cc1F. The summed E-state index contributed by atoms with van der Waals surface area (Å²) in [6.07, 6.45) is 6.46. The molecular formula is C13H16FNO. The van der Waals surface area contributed by atoms with Crippen LogP contribution in [0.3, 0.4) is 0 Å². The number of benzene rings is 1. The minimum atomic E-state index is -0.379. The third-order valence-electron chi connectivity index (χ3n) is 2.20. The van der Waals surface area contributed by atoms with E-state index >= 15 is 0 Å². The molecule has 1 atom stereocenters. The molecule has 1 rings (SSSR count). The molecule has 0 fully saturated rings. The highest BCUT2D eigenvalue weighted by molar-refractivity contribution is 5.30. The second-order valence-electron chi connectivity index (χ2n) is 3.63. The van der Waals surface area contributed by atoms with Crippen LogP contribution in [-0.4, -0.2) is 6.61 Å². The lowest BCUT2D eigenvalue weighted by Gasteiger charge is -2.09. The van der Waals surface area contributed by atoms with Gasteiger partial charge in [-0.3, -0.25) is 0 Å². The minimum absolute atomic E-state index is 0.176. The van der Waals surface area contributed by atoms with Crippen molar-refractivity contribution >= 4 is 0 Å². The Bertz CT molecular complexity index is 382. The molecule has 2 N–H and O–H groups in total. The predicted octanol–water partition coefficient (Wildman–Crippen LogP) is 2.64. The highest BCUT2D eigenvalue weighted by atomic mass is 19.1. The lowest BCUT2D eigenvalue weighted by Crippen LogP contribution is -2.06. The van der Waals surface area contributed by atoms with Gasteiger partial charge < -0.3 is 10.5 Å². The molecule has 2 nitrogen and oxygen atoms in total. The van der Waals surface area contributed by atoms with E-state index < -0.39 is 0 Å². The fourth-order valence-corrected chi connectivity index (χ4v) is 1.27. The van der Waals surface area contributed by atoms with Gasteiger partial charge >= 0.3 is 0 Å². The topological polar surface area (TPSA) is 35.2 Å². The molecule has 86 valence electrons. The summed E-state index contributed by atoms with van der Waals surface area (Å²) in [5.41, 5.74) is 6.40. The van der Waals surface area contributed by atoms with Crippen LogP contribution in [0.1, 0.15) is 31.4 Å². The van der Waals surface area contributed by atoms with Crippen LogP contribution in [0.25, 0.3) is 0 Å². The zero-order valence-electron chi connectivity index (χ0n) is 9.37. The van der Waals surface area contributed by atoms with E-state index in [2.05, 4.69) is 5.92 Å². The Labute approximate surface area is 95.6 Å². The summed E-state index contributed by atoms with van der Waals surface area (Å²) in [5, 5.41) is 0. The van der Waals surface area contributed by atoms with Crippen LogP contribution in [0.2, 0.25) is 0 Å². The van der Waals surface area contributed by atoms with E-state index in [0.29, 0.717) is 13.0 Å². The fourth-order valence-electron chi connectivity index (χ4n) is 1.27. The highest BCUT2D eigenvalue weighted by Gasteiger charge is 2.06. The quantitative estimate of drug-likeness (QED) is 0.612. The van der Waals surface area contributed by atoms with Gasteiger partial charge in [-0.15, -0.1) is 12.3 Å². The van der Waals surface area contributed by atoms with Gasteiger partial charge in [-0.1, -0.05) is 6.07 Å². The number of halogens is 1. The number of ether oxygens (including phenoxy) is 1. The summed E-state index contributed by atoms with van der Waals surface area (Å²) in [7, 11) is 0. The Morgan fingerprint density at radius 1 is 1.56 bits per heavy atom. The molecule has 0 radical (unpaired) electrons. The lowest BCUT2D eigenvalue weighted by atomic mass is 10.1. The summed E-state index contributed by atoms with van der Waals surface area (Å²) in [6, 6.07) is 4.60. The molecule has 0 bridgehead atoms. The third-order valence-corrected chi connectivity index (χ3v) is 2.20. The lowest BCUT2D eigenvalue weighted by molar-refractivity contribution is 0.297. The molecule has 16 heavy (non-hydrogen) atoms. The molecule has 0 amide bonds. The molecule has 0 saturated heterocycles. The van der Waals surface area contributed by atoms with Crippen molar-refractivity contribution in [2.45, 2.75) is 25.8 Å². The summed E-state index contributed by atoms with van der Waals surface area (Å²) >= 11 is 0. The van der Waals surface area contributed by atoms with Crippen molar-refractivity contribution in [2.75, 3.05) is 6.61 Å². The maximum Gasteiger partial charge on any atom is 0.165 e. The van der Waals surface area contributed by atoms with Gasteiger partial charge in [0.2, 0.25) is 0 Å². The van der Waals surface area contributed by atoms with Crippen molar-refractivity contribution in [3.63, 3.8) is 0 Å². The largest absolute Gasteiger partial charge is 0.490 e. The first-order valence-corrected chi connectivity index (χ1v) is 5.26. The molecule has 1 aromatic carbocycles. The van der Waals surface area contributed by atoms with Gasteiger partial charge in [-0.05, 0) is 31.0 Å². The van der Waals surface area contributed by atoms with Crippen molar-refractivity contribution < 1.29 is 9.13 Å². The first-order chi connectivity index (χ1) is 7.65. The summed E-state index contributed by atoms with van der Waals surface area (Å²) in [6.45, 7) is 2.24. The predicted molar refractivity (Wildman–Crippen MR) is 62.6 cm³/mol. The molecule has 1 unspecified atom stereocenters. The van der Waals surface area contributed by atoms with Crippen LogP contribution in [0.15, 0.2) is 18.2 Å². The van der Waals surface area contributed by atoms with E-state index in [-0.39, 0.29) is 17.6 Å². The third kappa shape index (κ3) is 3.56. The van der Waals surface area contributed by atoms with Gasteiger partial charge in [0, 0.05) is 12.5 Å². The molecule has 1 aromatic rings. The number of hydrogen-bond acceptors (Lipinski definition) is 2. The van der Waals surface area contributed by atoms with E-state index in [1.54, 1.807) is 12.1 Å². The molecule has 0 aliphatic rings. The smallest absolute Gasteiger partial charge is 0.165 e. The maximum absolute atomic E-state index is 13.5. The Balaban J connectivity index is 2.58. The Kier molecular flexibility index (Phi) is 4.81. The van der Waals surface area contributed by atoms with Crippen LogP contribution in [0, 0.1) is 18.2 Å². The Hall–Kier alpha value is -1.53. The monoisotopic (exact) mass is 221 g/mol. The molecule has 0 spiro atoms. The van der Waals surface area contributed by atoms with Crippen molar-refractivity contribution in [2.24, 2.45) is 5.73 Å². The van der Waals surface area contributed by atoms with E-state index in [0.717, 1.165) is 12.0 Å². The average molecular weight is 221 g/mol. The molecule has 0 aliphatic heterocycles. The van der Waals surface area contributed by atoms with Crippen LogP contribution >= 0.6 is 0 Å². The number of terminal acetylenes is 1. The van der Waals surface area contributed by atoms with Crippen molar-refractivity contribution in [1.29, 1.82) is 0 Å². The molecule has 3 heteroatoms. The van der Waals surface area contributed by atoms with Gasteiger partial charge in [-0.25, -0.2) is 4.39 Å². The summed E-state index contributed by atoms with van der Waals surface area (Å²) in [5.74, 6) is 2.37. The first-order valence-electron chi connectivity index (χ1n) is 5.26. The second kappa shape index (κ2) is 6.14. The van der Waals surface area contributed by atoms with Gasteiger partial charge in [0.1, 0.15) is 0 Å². The van der Waals surface area contributed by atoms with Crippen LogP contribution in [-0.2, 0) is 0 Å². The summed E-state index contributed by atoms with van der Waals surface area (Å²) in [4.78, 5) is 0. The van der Waals surface area contributed by atoms with Crippen LogP contribution < -0.4 is 10.5 Å².